The molecule has 6 atom stereocenters. The van der Waals surface area contributed by atoms with E-state index in [1.165, 1.54) is 0 Å². The molecule has 1 aromatic carbocycles. The van der Waals surface area contributed by atoms with Crippen molar-refractivity contribution in [1.29, 1.82) is 0 Å². The van der Waals surface area contributed by atoms with Gasteiger partial charge < -0.3 is 49.5 Å². The molecule has 0 radical (unpaired) electrons. The first-order chi connectivity index (χ1) is 16.7. The standard InChI is InChI=1S/C21H22F3NO11.Na/c1-8(27)25-16-12(28)6-20(19(32)33,36-18(16)17(31)13(29)7-26)35-9-2-3-10-11(21(22,23)24)5-15(30)34-14(10)4-9;/h2-5,12-13,16-18,26,28-29,31H,6-7H2,1H3,(H,25,27)(H,32,33);/q;+1/p-1/t12-,13+,16+,17+,18+,20+;/m0./s1. The number of halogens is 3. The molecule has 16 heteroatoms. The van der Waals surface area contributed by atoms with E-state index in [0.717, 1.165) is 25.1 Å². The molecule has 2 heterocycles. The van der Waals surface area contributed by atoms with Crippen LogP contribution in [0.3, 0.4) is 0 Å². The molecule has 1 aliphatic heterocycles. The zero-order valence-electron chi connectivity index (χ0n) is 19.4. The predicted octanol–water partition coefficient (Wildman–Crippen LogP) is -4.99. The van der Waals surface area contributed by atoms with E-state index in [2.05, 4.69) is 5.32 Å². The Hall–Kier alpha value is -2.24. The summed E-state index contributed by atoms with van der Waals surface area (Å²) in [6.45, 7) is 0.0438. The molecule has 1 saturated heterocycles. The minimum atomic E-state index is -4.91. The number of amides is 1. The van der Waals surface area contributed by atoms with Crippen LogP contribution in [-0.2, 0) is 20.5 Å². The van der Waals surface area contributed by atoms with E-state index in [1.807, 2.05) is 0 Å². The molecular formula is C21H21F3NNaO11. The third-order valence-corrected chi connectivity index (χ3v) is 5.48. The van der Waals surface area contributed by atoms with Crippen molar-refractivity contribution in [1.82, 2.24) is 5.32 Å². The van der Waals surface area contributed by atoms with Crippen LogP contribution < -0.4 is 50.3 Å². The first-order valence-electron chi connectivity index (χ1n) is 10.3. The Balaban J connectivity index is 0.00000481. The van der Waals surface area contributed by atoms with E-state index < -0.39 is 95.2 Å². The van der Waals surface area contributed by atoms with Crippen LogP contribution in [0.4, 0.5) is 13.2 Å². The van der Waals surface area contributed by atoms with E-state index in [9.17, 15) is 48.0 Å². The Bertz CT molecular complexity index is 1210. The second-order valence-corrected chi connectivity index (χ2v) is 8.10. The number of carbonyl (C=O) groups excluding carboxylic acids is 2. The van der Waals surface area contributed by atoms with Gasteiger partial charge in [0.1, 0.15) is 35.6 Å². The number of carboxylic acids is 1. The number of hydrogen-bond donors (Lipinski definition) is 5. The first-order valence-corrected chi connectivity index (χ1v) is 10.3. The number of nitrogens with one attached hydrogen (secondary N) is 1. The summed E-state index contributed by atoms with van der Waals surface area (Å²) in [6.07, 6.45) is -13.4. The first kappa shape index (κ1) is 31.0. The fourth-order valence-corrected chi connectivity index (χ4v) is 3.85. The van der Waals surface area contributed by atoms with Gasteiger partial charge in [-0.3, -0.25) is 4.79 Å². The van der Waals surface area contributed by atoms with Gasteiger partial charge in [0, 0.05) is 30.9 Å². The Morgan fingerprint density at radius 3 is 2.49 bits per heavy atom. The second kappa shape index (κ2) is 11.7. The molecule has 1 amide bonds. The summed E-state index contributed by atoms with van der Waals surface area (Å²) in [4.78, 5) is 35.3. The average molecular weight is 543 g/mol. The van der Waals surface area contributed by atoms with E-state index in [0.29, 0.717) is 0 Å². The van der Waals surface area contributed by atoms with Gasteiger partial charge >= 0.3 is 41.4 Å². The SMILES string of the molecule is CC(=O)N[C@H]1[C@H]([C@H](O)[C@H](O)CO)O[C@@](Oc2ccc3c(C(F)(F)F)cc(=O)oc3c2)(C(=O)[O-])C[C@@H]1O.[Na+]. The van der Waals surface area contributed by atoms with Crippen molar-refractivity contribution >= 4 is 22.8 Å². The van der Waals surface area contributed by atoms with Crippen LogP contribution >= 0.6 is 0 Å². The van der Waals surface area contributed by atoms with Gasteiger partial charge in [-0.15, -0.1) is 0 Å². The molecule has 0 bridgehead atoms. The fourth-order valence-electron chi connectivity index (χ4n) is 3.85. The third kappa shape index (κ3) is 6.61. The molecule has 1 aliphatic rings. The summed E-state index contributed by atoms with van der Waals surface area (Å²) in [5.74, 6) is -6.20. The minimum absolute atomic E-state index is 0. The van der Waals surface area contributed by atoms with Crippen LogP contribution in [0.1, 0.15) is 18.9 Å². The van der Waals surface area contributed by atoms with E-state index >= 15 is 0 Å². The number of rotatable bonds is 7. The zero-order chi connectivity index (χ0) is 27.0. The maximum absolute atomic E-state index is 13.3. The van der Waals surface area contributed by atoms with Crippen molar-refractivity contribution in [2.75, 3.05) is 6.61 Å². The molecule has 3 rings (SSSR count). The Kier molecular flexibility index (Phi) is 9.76. The van der Waals surface area contributed by atoms with Gasteiger partial charge in [0.05, 0.1) is 24.3 Å². The summed E-state index contributed by atoms with van der Waals surface area (Å²) in [6, 6.07) is 1.30. The summed E-state index contributed by atoms with van der Waals surface area (Å²) in [5.41, 5.74) is -3.26. The predicted molar refractivity (Wildman–Crippen MR) is 108 cm³/mol. The molecule has 37 heavy (non-hydrogen) atoms. The van der Waals surface area contributed by atoms with Gasteiger partial charge in [0.2, 0.25) is 5.91 Å². The third-order valence-electron chi connectivity index (χ3n) is 5.48. The summed E-state index contributed by atoms with van der Waals surface area (Å²) >= 11 is 0. The molecule has 5 N–H and O–H groups in total. The smallest absolute Gasteiger partial charge is 0.543 e. The Morgan fingerprint density at radius 2 is 1.95 bits per heavy atom. The molecule has 0 aliphatic carbocycles. The number of fused-ring (bicyclic) bond motifs is 1. The number of hydrogen-bond acceptors (Lipinski definition) is 11. The van der Waals surface area contributed by atoms with Crippen molar-refractivity contribution in [3.05, 3.63) is 40.2 Å². The van der Waals surface area contributed by atoms with Crippen molar-refractivity contribution in [3.63, 3.8) is 0 Å². The topological polar surface area (TPSA) is 199 Å². The summed E-state index contributed by atoms with van der Waals surface area (Å²) in [5, 5.41) is 53.8. The number of benzene rings is 1. The minimum Gasteiger partial charge on any atom is -0.543 e. The number of aliphatic carboxylic acids is 1. The second-order valence-electron chi connectivity index (χ2n) is 8.10. The van der Waals surface area contributed by atoms with Gasteiger partial charge in [-0.05, 0) is 12.1 Å². The normalized spacial score (nSPS) is 25.6. The van der Waals surface area contributed by atoms with Crippen LogP contribution in [0, 0.1) is 0 Å². The summed E-state index contributed by atoms with van der Waals surface area (Å²) in [7, 11) is 0. The number of ether oxygens (including phenoxy) is 2. The van der Waals surface area contributed by atoms with E-state index in [4.69, 9.17) is 19.0 Å². The van der Waals surface area contributed by atoms with Crippen molar-refractivity contribution in [3.8, 4) is 5.75 Å². The molecule has 0 unspecified atom stereocenters. The molecule has 0 saturated carbocycles. The van der Waals surface area contributed by atoms with Gasteiger partial charge in [0.15, 0.2) is 0 Å². The maximum atomic E-state index is 13.3. The molecule has 1 aromatic heterocycles. The molecule has 1 fully saturated rings. The van der Waals surface area contributed by atoms with Crippen LogP contribution in [0.5, 0.6) is 5.75 Å². The van der Waals surface area contributed by atoms with Gasteiger partial charge in [0.25, 0.3) is 5.79 Å². The monoisotopic (exact) mass is 543 g/mol. The van der Waals surface area contributed by atoms with Crippen LogP contribution in [-0.4, -0.2) is 75.2 Å². The number of alkyl halides is 3. The number of carbonyl (C=O) groups is 2. The Morgan fingerprint density at radius 1 is 1.30 bits per heavy atom. The molecule has 0 spiro atoms. The largest absolute Gasteiger partial charge is 1.00 e. The number of aliphatic hydroxyl groups is 4. The average Bonchev–Trinajstić information content (AvgIpc) is 2.77. The van der Waals surface area contributed by atoms with Crippen molar-refractivity contribution in [2.24, 2.45) is 0 Å². The van der Waals surface area contributed by atoms with Crippen molar-refractivity contribution in [2.45, 2.75) is 55.8 Å². The van der Waals surface area contributed by atoms with Gasteiger partial charge in [-0.2, -0.15) is 13.2 Å². The molecule has 198 valence electrons. The fraction of sp³-hybridized carbons (Fsp3) is 0.476. The van der Waals surface area contributed by atoms with E-state index in [1.54, 1.807) is 0 Å². The van der Waals surface area contributed by atoms with E-state index in [-0.39, 0.29) is 35.6 Å². The van der Waals surface area contributed by atoms with Crippen LogP contribution in [0.2, 0.25) is 0 Å². The molecular weight excluding hydrogens is 522 g/mol. The number of aliphatic hydroxyl groups excluding tert-OH is 4. The quantitative estimate of drug-likeness (QED) is 0.166. The van der Waals surface area contributed by atoms with Crippen LogP contribution in [0.25, 0.3) is 11.0 Å². The summed E-state index contributed by atoms with van der Waals surface area (Å²) < 4.78 is 55.3. The van der Waals surface area contributed by atoms with Crippen LogP contribution in [0.15, 0.2) is 33.5 Å². The molecule has 2 aromatic rings. The molecule has 12 nitrogen and oxygen atoms in total. The van der Waals surface area contributed by atoms with Crippen molar-refractivity contribution < 1.29 is 91.7 Å². The Labute approximate surface area is 227 Å². The zero-order valence-corrected chi connectivity index (χ0v) is 21.4. The maximum Gasteiger partial charge on any atom is 1.00 e. The van der Waals surface area contributed by atoms with Gasteiger partial charge in [-0.25, -0.2) is 4.79 Å². The number of carboxylic acid groups (broad SMARTS) is 1. The van der Waals surface area contributed by atoms with Gasteiger partial charge in [-0.1, -0.05) is 0 Å².